The number of carbonyl (C=O) groups is 2. The molecule has 0 unspecified atom stereocenters. The van der Waals surface area contributed by atoms with Crippen LogP contribution in [-0.4, -0.2) is 23.2 Å². The Morgan fingerprint density at radius 1 is 0.886 bits per heavy atom. The van der Waals surface area contributed by atoms with Gasteiger partial charge < -0.3 is 16.0 Å². The minimum Gasteiger partial charge on any atom is -0.388 e. The lowest BCUT2D eigenvalue weighted by molar-refractivity contribution is -0.117. The Labute approximate surface area is 225 Å². The number of rotatable bonds is 6. The zero-order valence-electron chi connectivity index (χ0n) is 17.9. The van der Waals surface area contributed by atoms with E-state index in [2.05, 4.69) is 16.0 Å². The molecule has 1 saturated carbocycles. The van der Waals surface area contributed by atoms with Crippen LogP contribution in [0.4, 0.5) is 21.5 Å². The third-order valence-corrected chi connectivity index (χ3v) is 7.27. The van der Waals surface area contributed by atoms with E-state index in [1.54, 1.807) is 31.3 Å². The molecule has 11 heteroatoms. The van der Waals surface area contributed by atoms with Gasteiger partial charge in [-0.05, 0) is 60.2 Å². The molecular weight excluding hydrogens is 559 g/mol. The molecule has 0 radical (unpaired) electrons. The Hall–Kier alpha value is -2.22. The fourth-order valence-corrected chi connectivity index (χ4v) is 5.36. The van der Waals surface area contributed by atoms with Crippen molar-refractivity contribution in [2.24, 2.45) is 5.92 Å². The number of carbonyl (C=O) groups excluding carboxylic acids is 2. The van der Waals surface area contributed by atoms with E-state index in [1.165, 1.54) is 30.3 Å². The lowest BCUT2D eigenvalue weighted by Crippen LogP contribution is -2.18. The first-order chi connectivity index (χ1) is 16.5. The van der Waals surface area contributed by atoms with E-state index in [9.17, 15) is 14.0 Å². The number of hydrogen-bond acceptors (Lipinski definition) is 3. The molecule has 3 aromatic carbocycles. The lowest BCUT2D eigenvalue weighted by atomic mass is 10.1. The van der Waals surface area contributed by atoms with Gasteiger partial charge >= 0.3 is 0 Å². The van der Waals surface area contributed by atoms with Gasteiger partial charge in [-0.2, -0.15) is 0 Å². The first-order valence-electron chi connectivity index (χ1n) is 10.2. The van der Waals surface area contributed by atoms with Crippen LogP contribution in [0.5, 0.6) is 0 Å². The molecule has 0 spiro atoms. The summed E-state index contributed by atoms with van der Waals surface area (Å²) in [7, 11) is 1.65. The standard InChI is InChI=1S/C24H17Cl5FN3O2/c1-31-14-3-5-19(18(30)10-14)33-22(34)16-9-15(2-4-17(16)27)32-23(35)21-20(24(21,28)29)11-6-12(25)8-13(26)7-11/h2-10,20-21,31H,1H3,(H,32,35)(H,33,34)/t20-,21+/m0/s1. The minimum atomic E-state index is -1.36. The number of halogens is 6. The predicted octanol–water partition coefficient (Wildman–Crippen LogP) is 7.61. The van der Waals surface area contributed by atoms with Gasteiger partial charge in [0.1, 0.15) is 10.2 Å². The van der Waals surface area contributed by atoms with E-state index < -0.39 is 33.8 Å². The van der Waals surface area contributed by atoms with Gasteiger partial charge in [0.2, 0.25) is 5.91 Å². The molecule has 1 aliphatic carbocycles. The van der Waals surface area contributed by atoms with Crippen molar-refractivity contribution in [3.05, 3.63) is 86.6 Å². The summed E-state index contributed by atoms with van der Waals surface area (Å²) < 4.78 is 12.9. The highest BCUT2D eigenvalue weighted by Gasteiger charge is 2.67. The van der Waals surface area contributed by atoms with Crippen molar-refractivity contribution < 1.29 is 14.0 Å². The zero-order valence-corrected chi connectivity index (χ0v) is 21.7. The van der Waals surface area contributed by atoms with Crippen LogP contribution < -0.4 is 16.0 Å². The predicted molar refractivity (Wildman–Crippen MR) is 141 cm³/mol. The van der Waals surface area contributed by atoms with Crippen LogP contribution in [0, 0.1) is 11.7 Å². The first kappa shape index (κ1) is 25.9. The van der Waals surface area contributed by atoms with Gasteiger partial charge in [0.25, 0.3) is 5.91 Å². The maximum atomic E-state index is 14.3. The average Bonchev–Trinajstić information content (AvgIpc) is 3.37. The van der Waals surface area contributed by atoms with Crippen molar-refractivity contribution in [1.82, 2.24) is 0 Å². The van der Waals surface area contributed by atoms with Crippen LogP contribution in [-0.2, 0) is 4.79 Å². The minimum absolute atomic E-state index is 0.0189. The molecule has 0 bridgehead atoms. The van der Waals surface area contributed by atoms with Crippen LogP contribution in [0.1, 0.15) is 21.8 Å². The second kappa shape index (κ2) is 10.0. The topological polar surface area (TPSA) is 70.2 Å². The Balaban J connectivity index is 1.51. The number of hydrogen-bond donors (Lipinski definition) is 3. The average molecular weight is 576 g/mol. The number of benzene rings is 3. The Bertz CT molecular complexity index is 1310. The second-order valence-corrected chi connectivity index (χ2v) is 10.6. The van der Waals surface area contributed by atoms with E-state index in [0.29, 0.717) is 21.3 Å². The third kappa shape index (κ3) is 5.47. The molecule has 0 saturated heterocycles. The van der Waals surface area contributed by atoms with Crippen molar-refractivity contribution in [2.45, 2.75) is 10.3 Å². The number of anilines is 3. The summed E-state index contributed by atoms with van der Waals surface area (Å²) in [6.45, 7) is 0. The summed E-state index contributed by atoms with van der Waals surface area (Å²) in [5.74, 6) is -3.04. The Morgan fingerprint density at radius 3 is 2.17 bits per heavy atom. The molecule has 3 N–H and O–H groups in total. The number of alkyl halides is 2. The van der Waals surface area contributed by atoms with Crippen LogP contribution in [0.2, 0.25) is 15.1 Å². The molecule has 5 nitrogen and oxygen atoms in total. The van der Waals surface area contributed by atoms with Gasteiger partial charge in [0.15, 0.2) is 0 Å². The van der Waals surface area contributed by atoms with Crippen molar-refractivity contribution >= 4 is 86.9 Å². The molecular formula is C24H17Cl5FN3O2. The molecule has 35 heavy (non-hydrogen) atoms. The normalized spacial score (nSPS) is 18.0. The maximum Gasteiger partial charge on any atom is 0.257 e. The SMILES string of the molecule is CNc1ccc(NC(=O)c2cc(NC(=O)[C@H]3[C@H](c4cc(Cl)cc(Cl)c4)C3(Cl)Cl)ccc2Cl)c(F)c1. The lowest BCUT2D eigenvalue weighted by Gasteiger charge is -2.11. The summed E-state index contributed by atoms with van der Waals surface area (Å²) in [5.41, 5.74) is 1.49. The van der Waals surface area contributed by atoms with E-state index in [-0.39, 0.29) is 22.0 Å². The van der Waals surface area contributed by atoms with Crippen molar-refractivity contribution in [2.75, 3.05) is 23.0 Å². The summed E-state index contributed by atoms with van der Waals surface area (Å²) in [6.07, 6.45) is 0. The van der Waals surface area contributed by atoms with Crippen LogP contribution >= 0.6 is 58.0 Å². The highest BCUT2D eigenvalue weighted by atomic mass is 35.5. The first-order valence-corrected chi connectivity index (χ1v) is 12.1. The summed E-state index contributed by atoms with van der Waals surface area (Å²) in [6, 6.07) is 13.5. The fraction of sp³-hybridized carbons (Fsp3) is 0.167. The van der Waals surface area contributed by atoms with Crippen molar-refractivity contribution in [1.29, 1.82) is 0 Å². The van der Waals surface area contributed by atoms with Gasteiger partial charge in [-0.3, -0.25) is 9.59 Å². The quantitative estimate of drug-likeness (QED) is 0.265. The molecule has 0 aromatic heterocycles. The van der Waals surface area contributed by atoms with E-state index in [1.807, 2.05) is 0 Å². The fourth-order valence-electron chi connectivity index (χ4n) is 3.78. The van der Waals surface area contributed by atoms with Crippen molar-refractivity contribution in [3.63, 3.8) is 0 Å². The van der Waals surface area contributed by atoms with Gasteiger partial charge in [0, 0.05) is 34.4 Å². The molecule has 182 valence electrons. The van der Waals surface area contributed by atoms with E-state index in [0.717, 1.165) is 0 Å². The molecule has 3 aromatic rings. The zero-order chi connectivity index (χ0) is 25.5. The van der Waals surface area contributed by atoms with E-state index >= 15 is 0 Å². The molecule has 0 aliphatic heterocycles. The van der Waals surface area contributed by atoms with Crippen LogP contribution in [0.3, 0.4) is 0 Å². The Morgan fingerprint density at radius 2 is 1.54 bits per heavy atom. The van der Waals surface area contributed by atoms with Crippen LogP contribution in [0.25, 0.3) is 0 Å². The van der Waals surface area contributed by atoms with Gasteiger partial charge in [0.05, 0.1) is 22.2 Å². The van der Waals surface area contributed by atoms with Crippen LogP contribution in [0.15, 0.2) is 54.6 Å². The number of nitrogens with one attached hydrogen (secondary N) is 3. The molecule has 2 atom stereocenters. The molecule has 1 fully saturated rings. The molecule has 1 aliphatic rings. The Kier molecular flexibility index (Phi) is 7.41. The molecule has 0 heterocycles. The largest absolute Gasteiger partial charge is 0.388 e. The summed E-state index contributed by atoms with van der Waals surface area (Å²) in [5, 5.41) is 8.91. The monoisotopic (exact) mass is 573 g/mol. The van der Waals surface area contributed by atoms with Gasteiger partial charge in [-0.15, -0.1) is 23.2 Å². The third-order valence-electron chi connectivity index (χ3n) is 5.56. The number of amides is 2. The second-order valence-electron chi connectivity index (χ2n) is 7.92. The van der Waals surface area contributed by atoms with Crippen molar-refractivity contribution in [3.8, 4) is 0 Å². The van der Waals surface area contributed by atoms with Gasteiger partial charge in [-0.25, -0.2) is 4.39 Å². The summed E-state index contributed by atoms with van der Waals surface area (Å²) >= 11 is 31.1. The molecule has 2 amide bonds. The maximum absolute atomic E-state index is 14.3. The molecule has 4 rings (SSSR count). The smallest absolute Gasteiger partial charge is 0.257 e. The summed E-state index contributed by atoms with van der Waals surface area (Å²) in [4.78, 5) is 25.7. The highest BCUT2D eigenvalue weighted by Crippen LogP contribution is 2.65. The van der Waals surface area contributed by atoms with E-state index in [4.69, 9.17) is 58.0 Å². The van der Waals surface area contributed by atoms with Gasteiger partial charge in [-0.1, -0.05) is 34.8 Å². The highest BCUT2D eigenvalue weighted by molar-refractivity contribution is 6.53.